The van der Waals surface area contributed by atoms with Crippen molar-refractivity contribution in [1.29, 1.82) is 0 Å². The number of aryl methyl sites for hydroxylation is 1. The summed E-state index contributed by atoms with van der Waals surface area (Å²) in [4.78, 5) is 29.0. The van der Waals surface area contributed by atoms with Crippen LogP contribution in [0.25, 0.3) is 0 Å². The Kier molecular flexibility index (Phi) is 3.36. The molecule has 0 aliphatic carbocycles. The first-order valence-electron chi connectivity index (χ1n) is 6.00. The van der Waals surface area contributed by atoms with E-state index in [0.717, 1.165) is 0 Å². The van der Waals surface area contributed by atoms with Crippen molar-refractivity contribution in [3.8, 4) is 0 Å². The molecule has 1 N–H and O–H groups in total. The standard InChI is InChI=1S/C12H17N3O3/c1-7(2)4-9-11(16)15(12(17)14-9)5-10-8(3)18-6-13-10/h6-7,9H,4-5H2,1-3H3,(H,14,17)/t9-/m0/s1. The Morgan fingerprint density at radius 3 is 2.78 bits per heavy atom. The third-order valence-electron chi connectivity index (χ3n) is 2.97. The summed E-state index contributed by atoms with van der Waals surface area (Å²) in [5.41, 5.74) is 0.615. The molecule has 0 saturated carbocycles. The third-order valence-corrected chi connectivity index (χ3v) is 2.97. The topological polar surface area (TPSA) is 75.4 Å². The van der Waals surface area contributed by atoms with Gasteiger partial charge in [-0.2, -0.15) is 0 Å². The van der Waals surface area contributed by atoms with E-state index in [1.165, 1.54) is 11.3 Å². The van der Waals surface area contributed by atoms with Gasteiger partial charge in [-0.05, 0) is 19.3 Å². The monoisotopic (exact) mass is 251 g/mol. The highest BCUT2D eigenvalue weighted by Crippen LogP contribution is 2.17. The Labute approximate surface area is 105 Å². The molecular weight excluding hydrogens is 234 g/mol. The number of nitrogens with zero attached hydrogens (tertiary/aromatic N) is 2. The summed E-state index contributed by atoms with van der Waals surface area (Å²) in [6.45, 7) is 5.96. The fourth-order valence-electron chi connectivity index (χ4n) is 1.99. The summed E-state index contributed by atoms with van der Waals surface area (Å²) in [5.74, 6) is 0.798. The van der Waals surface area contributed by atoms with Crippen LogP contribution in [0, 0.1) is 12.8 Å². The second-order valence-electron chi connectivity index (χ2n) is 4.91. The van der Waals surface area contributed by atoms with Crippen LogP contribution >= 0.6 is 0 Å². The molecule has 3 amide bonds. The minimum absolute atomic E-state index is 0.168. The average molecular weight is 251 g/mol. The summed E-state index contributed by atoms with van der Waals surface area (Å²) in [5, 5.41) is 2.70. The summed E-state index contributed by atoms with van der Waals surface area (Å²) < 4.78 is 5.06. The maximum Gasteiger partial charge on any atom is 0.325 e. The first kappa shape index (κ1) is 12.6. The zero-order chi connectivity index (χ0) is 13.3. The summed E-state index contributed by atoms with van der Waals surface area (Å²) in [6.07, 6.45) is 1.97. The van der Waals surface area contributed by atoms with Crippen LogP contribution in [-0.2, 0) is 11.3 Å². The second-order valence-corrected chi connectivity index (χ2v) is 4.91. The van der Waals surface area contributed by atoms with E-state index in [4.69, 9.17) is 4.42 Å². The van der Waals surface area contributed by atoms with Crippen LogP contribution in [0.5, 0.6) is 0 Å². The molecule has 0 radical (unpaired) electrons. The first-order valence-corrected chi connectivity index (χ1v) is 6.00. The molecule has 1 atom stereocenters. The van der Waals surface area contributed by atoms with Crippen molar-refractivity contribution in [2.24, 2.45) is 5.92 Å². The molecule has 1 saturated heterocycles. The number of imide groups is 1. The number of aromatic nitrogens is 1. The Morgan fingerprint density at radius 2 is 2.22 bits per heavy atom. The normalized spacial score (nSPS) is 19.8. The predicted molar refractivity (Wildman–Crippen MR) is 63.6 cm³/mol. The molecule has 1 aliphatic rings. The molecule has 0 aromatic carbocycles. The first-order chi connectivity index (χ1) is 8.49. The molecule has 6 nitrogen and oxygen atoms in total. The van der Waals surface area contributed by atoms with Gasteiger partial charge in [0.15, 0.2) is 6.39 Å². The largest absolute Gasteiger partial charge is 0.448 e. The van der Waals surface area contributed by atoms with Crippen LogP contribution in [0.1, 0.15) is 31.7 Å². The molecule has 2 heterocycles. The number of carbonyl (C=O) groups is 2. The molecule has 1 aliphatic heterocycles. The highest BCUT2D eigenvalue weighted by Gasteiger charge is 2.38. The second kappa shape index (κ2) is 4.80. The maximum absolute atomic E-state index is 12.1. The van der Waals surface area contributed by atoms with Crippen LogP contribution in [0.4, 0.5) is 4.79 Å². The fraction of sp³-hybridized carbons (Fsp3) is 0.583. The van der Waals surface area contributed by atoms with Crippen molar-refractivity contribution in [1.82, 2.24) is 15.2 Å². The lowest BCUT2D eigenvalue weighted by Crippen LogP contribution is -2.31. The Hall–Kier alpha value is -1.85. The number of carbonyl (C=O) groups excluding carboxylic acids is 2. The number of nitrogens with one attached hydrogen (secondary N) is 1. The van der Waals surface area contributed by atoms with Gasteiger partial charge in [0, 0.05) is 0 Å². The third kappa shape index (κ3) is 2.37. The van der Waals surface area contributed by atoms with E-state index < -0.39 is 6.04 Å². The quantitative estimate of drug-likeness (QED) is 0.822. The van der Waals surface area contributed by atoms with Crippen LogP contribution in [0.2, 0.25) is 0 Å². The van der Waals surface area contributed by atoms with E-state index in [-0.39, 0.29) is 18.5 Å². The van der Waals surface area contributed by atoms with Gasteiger partial charge in [0.25, 0.3) is 5.91 Å². The van der Waals surface area contributed by atoms with Crippen LogP contribution < -0.4 is 5.32 Å². The van der Waals surface area contributed by atoms with Gasteiger partial charge in [0.1, 0.15) is 17.5 Å². The highest BCUT2D eigenvalue weighted by molar-refractivity contribution is 6.04. The number of urea groups is 1. The molecule has 2 rings (SSSR count). The minimum Gasteiger partial charge on any atom is -0.448 e. The van der Waals surface area contributed by atoms with Crippen molar-refractivity contribution < 1.29 is 14.0 Å². The molecule has 1 aromatic heterocycles. The number of hydrogen-bond donors (Lipinski definition) is 1. The van der Waals surface area contributed by atoms with Crippen molar-refractivity contribution in [3.05, 3.63) is 17.8 Å². The van der Waals surface area contributed by atoms with E-state index in [9.17, 15) is 9.59 Å². The molecule has 98 valence electrons. The fourth-order valence-corrected chi connectivity index (χ4v) is 1.99. The SMILES string of the molecule is Cc1ocnc1CN1C(=O)N[C@@H](CC(C)C)C1=O. The van der Waals surface area contributed by atoms with Gasteiger partial charge >= 0.3 is 6.03 Å². The Bertz CT molecular complexity index is 467. The number of amides is 3. The van der Waals surface area contributed by atoms with Crippen molar-refractivity contribution in [2.75, 3.05) is 0 Å². The smallest absolute Gasteiger partial charge is 0.325 e. The molecular formula is C12H17N3O3. The number of oxazole rings is 1. The van der Waals surface area contributed by atoms with Crippen molar-refractivity contribution >= 4 is 11.9 Å². The molecule has 0 bridgehead atoms. The molecule has 1 fully saturated rings. The Morgan fingerprint density at radius 1 is 1.50 bits per heavy atom. The number of hydrogen-bond acceptors (Lipinski definition) is 4. The molecule has 18 heavy (non-hydrogen) atoms. The average Bonchev–Trinajstić information content (AvgIpc) is 2.78. The molecule has 0 spiro atoms. The van der Waals surface area contributed by atoms with Gasteiger partial charge in [-0.15, -0.1) is 0 Å². The maximum atomic E-state index is 12.1. The summed E-state index contributed by atoms with van der Waals surface area (Å²) >= 11 is 0. The van der Waals surface area contributed by atoms with E-state index in [1.807, 2.05) is 13.8 Å². The van der Waals surface area contributed by atoms with Gasteiger partial charge in [-0.3, -0.25) is 9.69 Å². The van der Waals surface area contributed by atoms with Gasteiger partial charge in [-0.25, -0.2) is 9.78 Å². The van der Waals surface area contributed by atoms with Gasteiger partial charge in [0.05, 0.1) is 6.54 Å². The molecule has 1 aromatic rings. The van der Waals surface area contributed by atoms with Crippen LogP contribution in [0.15, 0.2) is 10.8 Å². The number of rotatable bonds is 4. The van der Waals surface area contributed by atoms with E-state index in [0.29, 0.717) is 23.8 Å². The zero-order valence-corrected chi connectivity index (χ0v) is 10.8. The lowest BCUT2D eigenvalue weighted by Gasteiger charge is -2.12. The van der Waals surface area contributed by atoms with Gasteiger partial charge in [0.2, 0.25) is 0 Å². The minimum atomic E-state index is -0.412. The summed E-state index contributed by atoms with van der Waals surface area (Å²) in [7, 11) is 0. The molecule has 0 unspecified atom stereocenters. The summed E-state index contributed by atoms with van der Waals surface area (Å²) in [6, 6.07) is -0.766. The van der Waals surface area contributed by atoms with Gasteiger partial charge < -0.3 is 9.73 Å². The lowest BCUT2D eigenvalue weighted by atomic mass is 10.0. The van der Waals surface area contributed by atoms with E-state index in [1.54, 1.807) is 6.92 Å². The molecule has 6 heteroatoms. The van der Waals surface area contributed by atoms with E-state index >= 15 is 0 Å². The van der Waals surface area contributed by atoms with Crippen molar-refractivity contribution in [2.45, 2.75) is 39.8 Å². The lowest BCUT2D eigenvalue weighted by molar-refractivity contribution is -0.128. The van der Waals surface area contributed by atoms with Crippen LogP contribution in [0.3, 0.4) is 0 Å². The predicted octanol–water partition coefficient (Wildman–Crippen LogP) is 1.45. The van der Waals surface area contributed by atoms with Crippen molar-refractivity contribution in [3.63, 3.8) is 0 Å². The Balaban J connectivity index is 2.08. The zero-order valence-electron chi connectivity index (χ0n) is 10.8. The van der Waals surface area contributed by atoms with E-state index in [2.05, 4.69) is 10.3 Å². The highest BCUT2D eigenvalue weighted by atomic mass is 16.3. The van der Waals surface area contributed by atoms with Crippen LogP contribution in [-0.4, -0.2) is 27.9 Å². The van der Waals surface area contributed by atoms with Gasteiger partial charge in [-0.1, -0.05) is 13.8 Å².